The maximum atomic E-state index is 12.6. The third kappa shape index (κ3) is 3.51. The van der Waals surface area contributed by atoms with Gasteiger partial charge in [0.2, 0.25) is 0 Å². The van der Waals surface area contributed by atoms with Crippen molar-refractivity contribution in [1.29, 1.82) is 0 Å². The number of halogens is 5. The summed E-state index contributed by atoms with van der Waals surface area (Å²) in [6.07, 6.45) is -2.79. The number of hydrogen-bond acceptors (Lipinski definition) is 1. The summed E-state index contributed by atoms with van der Waals surface area (Å²) >= 11 is 6.04. The van der Waals surface area contributed by atoms with Gasteiger partial charge in [-0.05, 0) is 24.6 Å². The lowest BCUT2D eigenvalue weighted by atomic mass is 10.1. The number of aryl methyl sites for hydroxylation is 1. The Balaban J connectivity index is 0.00000180. The normalized spacial score (nSPS) is 11.4. The van der Waals surface area contributed by atoms with E-state index in [9.17, 15) is 13.2 Å². The number of aromatic nitrogens is 1. The van der Waals surface area contributed by atoms with Crippen LogP contribution < -0.4 is 0 Å². The number of rotatable bonds is 2. The van der Waals surface area contributed by atoms with E-state index in [4.69, 9.17) is 11.6 Å². The molecular formula is C13H12Cl2F3N. The fourth-order valence-electron chi connectivity index (χ4n) is 1.80. The van der Waals surface area contributed by atoms with E-state index in [-0.39, 0.29) is 12.4 Å². The lowest BCUT2D eigenvalue weighted by molar-refractivity contribution is -0.137. The van der Waals surface area contributed by atoms with E-state index < -0.39 is 11.7 Å². The standard InChI is InChI=1S/C13H11ClF3N.ClH/c1-2-3-9-7-11(14)10-5-4-8(13(15,16)17)6-12(10)18-9;/h4-7H,2-3H2,1H3;1H. The Labute approximate surface area is 120 Å². The van der Waals surface area contributed by atoms with Crippen LogP contribution in [0.25, 0.3) is 10.9 Å². The second-order valence-electron chi connectivity index (χ2n) is 4.08. The van der Waals surface area contributed by atoms with Gasteiger partial charge in [-0.3, -0.25) is 4.98 Å². The van der Waals surface area contributed by atoms with Gasteiger partial charge in [0.15, 0.2) is 0 Å². The first-order valence-electron chi connectivity index (χ1n) is 5.58. The number of hydrogen-bond donors (Lipinski definition) is 0. The Bertz CT molecular complexity index is 582. The van der Waals surface area contributed by atoms with Gasteiger partial charge in [-0.1, -0.05) is 31.0 Å². The zero-order chi connectivity index (χ0) is 13.3. The van der Waals surface area contributed by atoms with Crippen LogP contribution in [0, 0.1) is 0 Å². The van der Waals surface area contributed by atoms with Crippen molar-refractivity contribution in [2.75, 3.05) is 0 Å². The molecule has 1 aromatic heterocycles. The number of fused-ring (bicyclic) bond motifs is 1. The Morgan fingerprint density at radius 3 is 2.47 bits per heavy atom. The van der Waals surface area contributed by atoms with Gasteiger partial charge in [0.25, 0.3) is 0 Å². The monoisotopic (exact) mass is 309 g/mol. The highest BCUT2D eigenvalue weighted by Gasteiger charge is 2.30. The fraction of sp³-hybridized carbons (Fsp3) is 0.308. The first-order valence-corrected chi connectivity index (χ1v) is 5.96. The zero-order valence-electron chi connectivity index (χ0n) is 10.1. The Hall–Kier alpha value is -1.00. The summed E-state index contributed by atoms with van der Waals surface area (Å²) in [5.74, 6) is 0. The van der Waals surface area contributed by atoms with Gasteiger partial charge in [-0.15, -0.1) is 12.4 Å². The van der Waals surface area contributed by atoms with Gasteiger partial charge < -0.3 is 0 Å². The minimum atomic E-state index is -4.36. The molecule has 0 aliphatic carbocycles. The Kier molecular flexibility index (Phi) is 5.04. The predicted octanol–water partition coefficient (Wildman–Crippen LogP) is 5.28. The van der Waals surface area contributed by atoms with Crippen LogP contribution in [-0.4, -0.2) is 4.98 Å². The highest BCUT2D eigenvalue weighted by molar-refractivity contribution is 6.35. The first-order chi connectivity index (χ1) is 8.41. The van der Waals surface area contributed by atoms with Crippen molar-refractivity contribution in [2.24, 2.45) is 0 Å². The Morgan fingerprint density at radius 1 is 1.21 bits per heavy atom. The van der Waals surface area contributed by atoms with E-state index in [0.29, 0.717) is 28.0 Å². The van der Waals surface area contributed by atoms with Crippen LogP contribution in [0.3, 0.4) is 0 Å². The molecule has 0 saturated carbocycles. The third-order valence-electron chi connectivity index (χ3n) is 2.65. The molecule has 0 spiro atoms. The molecule has 0 unspecified atom stereocenters. The molecule has 0 saturated heterocycles. The molecule has 2 aromatic rings. The van der Waals surface area contributed by atoms with Crippen molar-refractivity contribution in [3.63, 3.8) is 0 Å². The van der Waals surface area contributed by atoms with Gasteiger partial charge in [-0.25, -0.2) is 0 Å². The third-order valence-corrected chi connectivity index (χ3v) is 2.96. The molecule has 6 heteroatoms. The van der Waals surface area contributed by atoms with Crippen LogP contribution in [0.4, 0.5) is 13.2 Å². The molecule has 0 N–H and O–H groups in total. The maximum absolute atomic E-state index is 12.6. The number of pyridine rings is 1. The van der Waals surface area contributed by atoms with Crippen LogP contribution in [0.5, 0.6) is 0 Å². The summed E-state index contributed by atoms with van der Waals surface area (Å²) in [6, 6.07) is 5.14. The van der Waals surface area contributed by atoms with Gasteiger partial charge in [-0.2, -0.15) is 13.2 Å². The van der Waals surface area contributed by atoms with Crippen molar-refractivity contribution < 1.29 is 13.2 Å². The summed E-state index contributed by atoms with van der Waals surface area (Å²) in [5.41, 5.74) is 0.308. The highest BCUT2D eigenvalue weighted by atomic mass is 35.5. The average molecular weight is 310 g/mol. The quantitative estimate of drug-likeness (QED) is 0.735. The molecule has 1 aromatic carbocycles. The van der Waals surface area contributed by atoms with Gasteiger partial charge >= 0.3 is 6.18 Å². The Morgan fingerprint density at radius 2 is 1.89 bits per heavy atom. The zero-order valence-corrected chi connectivity index (χ0v) is 11.7. The topological polar surface area (TPSA) is 12.9 Å². The van der Waals surface area contributed by atoms with Gasteiger partial charge in [0.05, 0.1) is 16.1 Å². The van der Waals surface area contributed by atoms with Gasteiger partial charge in [0, 0.05) is 11.1 Å². The van der Waals surface area contributed by atoms with Crippen molar-refractivity contribution in [1.82, 2.24) is 4.98 Å². The summed E-state index contributed by atoms with van der Waals surface area (Å²) in [5, 5.41) is 0.988. The largest absolute Gasteiger partial charge is 0.416 e. The lowest BCUT2D eigenvalue weighted by Crippen LogP contribution is -2.04. The van der Waals surface area contributed by atoms with Gasteiger partial charge in [0.1, 0.15) is 0 Å². The molecule has 2 rings (SSSR count). The molecule has 0 aliphatic rings. The van der Waals surface area contributed by atoms with Crippen molar-refractivity contribution >= 4 is 34.9 Å². The van der Waals surface area contributed by atoms with E-state index in [1.165, 1.54) is 6.07 Å². The minimum absolute atomic E-state index is 0. The van der Waals surface area contributed by atoms with Crippen molar-refractivity contribution in [3.8, 4) is 0 Å². The van der Waals surface area contributed by atoms with E-state index in [0.717, 1.165) is 18.6 Å². The lowest BCUT2D eigenvalue weighted by Gasteiger charge is -2.09. The molecule has 0 atom stereocenters. The molecule has 104 valence electrons. The molecular weight excluding hydrogens is 298 g/mol. The summed E-state index contributed by atoms with van der Waals surface area (Å²) in [6.45, 7) is 1.98. The van der Waals surface area contributed by atoms with E-state index >= 15 is 0 Å². The second kappa shape index (κ2) is 5.97. The smallest absolute Gasteiger partial charge is 0.253 e. The van der Waals surface area contributed by atoms with Crippen LogP contribution in [-0.2, 0) is 12.6 Å². The predicted molar refractivity (Wildman–Crippen MR) is 73.0 cm³/mol. The average Bonchev–Trinajstić information content (AvgIpc) is 2.27. The number of alkyl halides is 3. The summed E-state index contributed by atoms with van der Waals surface area (Å²) in [7, 11) is 0. The molecule has 0 aliphatic heterocycles. The highest BCUT2D eigenvalue weighted by Crippen LogP contribution is 2.32. The molecule has 0 radical (unpaired) electrons. The van der Waals surface area contributed by atoms with E-state index in [1.54, 1.807) is 6.07 Å². The number of benzene rings is 1. The molecule has 1 nitrogen and oxygen atoms in total. The van der Waals surface area contributed by atoms with E-state index in [2.05, 4.69) is 4.98 Å². The molecule has 0 bridgehead atoms. The SMILES string of the molecule is CCCc1cc(Cl)c2ccc(C(F)(F)F)cc2n1.Cl. The van der Waals surface area contributed by atoms with Crippen molar-refractivity contribution in [2.45, 2.75) is 25.9 Å². The summed E-state index contributed by atoms with van der Waals surface area (Å²) < 4.78 is 37.8. The fourth-order valence-corrected chi connectivity index (χ4v) is 2.08. The van der Waals surface area contributed by atoms with Crippen LogP contribution in [0.2, 0.25) is 5.02 Å². The maximum Gasteiger partial charge on any atom is 0.416 e. The minimum Gasteiger partial charge on any atom is -0.253 e. The van der Waals surface area contributed by atoms with Crippen LogP contribution in [0.15, 0.2) is 24.3 Å². The molecule has 1 heterocycles. The van der Waals surface area contributed by atoms with Crippen LogP contribution in [0.1, 0.15) is 24.6 Å². The molecule has 0 fully saturated rings. The van der Waals surface area contributed by atoms with Crippen LogP contribution >= 0.6 is 24.0 Å². The molecule has 0 amide bonds. The first kappa shape index (κ1) is 16.1. The number of nitrogens with zero attached hydrogens (tertiary/aromatic N) is 1. The molecule has 19 heavy (non-hydrogen) atoms. The van der Waals surface area contributed by atoms with Crippen molar-refractivity contribution in [3.05, 3.63) is 40.5 Å². The second-order valence-corrected chi connectivity index (χ2v) is 4.48. The van der Waals surface area contributed by atoms with E-state index in [1.807, 2.05) is 6.92 Å². The summed E-state index contributed by atoms with van der Waals surface area (Å²) in [4.78, 5) is 4.22.